The Balaban J connectivity index is 1.26. The van der Waals surface area contributed by atoms with Crippen molar-refractivity contribution in [3.63, 3.8) is 0 Å². The molecule has 0 bridgehead atoms. The number of carbonyl (C=O) groups excluding carboxylic acids is 1. The third kappa shape index (κ3) is 4.65. The van der Waals surface area contributed by atoms with E-state index in [1.807, 2.05) is 24.3 Å². The van der Waals surface area contributed by atoms with Crippen LogP contribution < -0.4 is 10.2 Å². The summed E-state index contributed by atoms with van der Waals surface area (Å²) in [6.07, 6.45) is 9.61. The highest BCUT2D eigenvalue weighted by Gasteiger charge is 2.32. The lowest BCUT2D eigenvalue weighted by molar-refractivity contribution is -0.127. The van der Waals surface area contributed by atoms with Crippen LogP contribution in [0, 0.1) is 5.92 Å². The number of aromatic nitrogens is 3. The largest absolute Gasteiger partial charge is 0.350 e. The molecule has 1 amide bonds. The van der Waals surface area contributed by atoms with E-state index in [0.717, 1.165) is 63.5 Å². The molecule has 1 atom stereocenters. The van der Waals surface area contributed by atoms with Gasteiger partial charge in [0.25, 0.3) is 0 Å². The van der Waals surface area contributed by atoms with Crippen LogP contribution in [-0.2, 0) is 11.3 Å². The fourth-order valence-electron chi connectivity index (χ4n) is 4.26. The number of carbonyl (C=O) groups is 1. The van der Waals surface area contributed by atoms with Crippen LogP contribution in [0.15, 0.2) is 42.9 Å². The first kappa shape index (κ1) is 18.8. The van der Waals surface area contributed by atoms with Crippen molar-refractivity contribution in [1.82, 2.24) is 25.2 Å². The van der Waals surface area contributed by atoms with Gasteiger partial charge in [-0.1, -0.05) is 6.07 Å². The van der Waals surface area contributed by atoms with Crippen molar-refractivity contribution in [2.45, 2.75) is 38.3 Å². The molecule has 4 heterocycles. The smallest absolute Gasteiger partial charge is 0.225 e. The summed E-state index contributed by atoms with van der Waals surface area (Å²) in [6, 6.07) is 8.18. The topological polar surface area (TPSA) is 74.2 Å². The fraction of sp³-hybridized carbons (Fsp3) is 0.524. The number of rotatable bonds is 5. The molecule has 2 aliphatic heterocycles. The van der Waals surface area contributed by atoms with Gasteiger partial charge < -0.3 is 10.2 Å². The lowest BCUT2D eigenvalue weighted by atomic mass is 9.93. The molecule has 0 aliphatic carbocycles. The van der Waals surface area contributed by atoms with Crippen molar-refractivity contribution in [1.29, 1.82) is 0 Å². The quantitative estimate of drug-likeness (QED) is 0.854. The molecular formula is C21H28N6O. The van der Waals surface area contributed by atoms with Gasteiger partial charge >= 0.3 is 0 Å². The zero-order valence-corrected chi connectivity index (χ0v) is 16.2. The second-order valence-electron chi connectivity index (χ2n) is 7.64. The van der Waals surface area contributed by atoms with Crippen molar-refractivity contribution in [2.75, 3.05) is 31.1 Å². The third-order valence-corrected chi connectivity index (χ3v) is 5.81. The zero-order chi connectivity index (χ0) is 19.2. The number of nitrogens with zero attached hydrogens (tertiary/aromatic N) is 5. The Kier molecular flexibility index (Phi) is 6.11. The van der Waals surface area contributed by atoms with Crippen molar-refractivity contribution in [3.8, 4) is 0 Å². The molecule has 4 rings (SSSR count). The van der Waals surface area contributed by atoms with Crippen LogP contribution in [0.5, 0.6) is 0 Å². The summed E-state index contributed by atoms with van der Waals surface area (Å²) in [6.45, 7) is 4.41. The Morgan fingerprint density at radius 1 is 1.00 bits per heavy atom. The minimum Gasteiger partial charge on any atom is -0.350 e. The maximum absolute atomic E-state index is 12.6. The molecule has 0 unspecified atom stereocenters. The first-order valence-electron chi connectivity index (χ1n) is 10.2. The summed E-state index contributed by atoms with van der Waals surface area (Å²) in [5.41, 5.74) is 0.902. The molecule has 2 aromatic rings. The Morgan fingerprint density at radius 2 is 1.79 bits per heavy atom. The predicted octanol–water partition coefficient (Wildman–Crippen LogP) is 1.87. The zero-order valence-electron chi connectivity index (χ0n) is 16.2. The molecule has 28 heavy (non-hydrogen) atoms. The third-order valence-electron chi connectivity index (χ3n) is 5.81. The van der Waals surface area contributed by atoms with Crippen LogP contribution in [0.3, 0.4) is 0 Å². The Labute approximate surface area is 166 Å². The molecular weight excluding hydrogens is 352 g/mol. The fourth-order valence-corrected chi connectivity index (χ4v) is 4.26. The van der Waals surface area contributed by atoms with E-state index in [1.165, 1.54) is 0 Å². The standard InChI is InChI=1S/C21H28N6O/c28-20(25-15-18-6-1-2-9-22-18)17-5-3-12-27(16-17)19-7-13-26(14-8-19)21-23-10-4-11-24-21/h1-2,4,6,9-11,17,19H,3,5,7-8,12-16H2,(H,25,28)/t17-/m1/s1. The van der Waals surface area contributed by atoms with Crippen LogP contribution in [0.25, 0.3) is 0 Å². The minimum absolute atomic E-state index is 0.0768. The van der Waals surface area contributed by atoms with Gasteiger partial charge in [0.15, 0.2) is 0 Å². The molecule has 148 valence electrons. The number of pyridine rings is 1. The van der Waals surface area contributed by atoms with Crippen molar-refractivity contribution in [2.24, 2.45) is 5.92 Å². The lowest BCUT2D eigenvalue weighted by Crippen LogP contribution is -2.51. The summed E-state index contributed by atoms with van der Waals surface area (Å²) in [4.78, 5) is 30.4. The Bertz CT molecular complexity index is 748. The average Bonchev–Trinajstić information content (AvgIpc) is 2.79. The van der Waals surface area contributed by atoms with E-state index in [-0.39, 0.29) is 11.8 Å². The maximum atomic E-state index is 12.6. The number of anilines is 1. The normalized spacial score (nSPS) is 21.4. The van der Waals surface area contributed by atoms with Gasteiger partial charge in [-0.15, -0.1) is 0 Å². The van der Waals surface area contributed by atoms with Crippen LogP contribution in [0.2, 0.25) is 0 Å². The SMILES string of the molecule is O=C(NCc1ccccn1)[C@@H]1CCCN(C2CCN(c3ncccn3)CC2)C1. The first-order valence-corrected chi connectivity index (χ1v) is 10.2. The second kappa shape index (κ2) is 9.10. The van der Waals surface area contributed by atoms with Crippen LogP contribution in [-0.4, -0.2) is 58.0 Å². The molecule has 0 saturated carbocycles. The molecule has 7 heteroatoms. The molecule has 7 nitrogen and oxygen atoms in total. The van der Waals surface area contributed by atoms with E-state index in [0.29, 0.717) is 12.6 Å². The number of hydrogen-bond acceptors (Lipinski definition) is 6. The summed E-state index contributed by atoms with van der Waals surface area (Å²) in [5.74, 6) is 1.06. The molecule has 0 radical (unpaired) electrons. The molecule has 0 spiro atoms. The summed E-state index contributed by atoms with van der Waals surface area (Å²) < 4.78 is 0. The first-order chi connectivity index (χ1) is 13.8. The molecule has 0 aromatic carbocycles. The molecule has 2 aromatic heterocycles. The number of amides is 1. The molecule has 1 N–H and O–H groups in total. The van der Waals surface area contributed by atoms with E-state index < -0.39 is 0 Å². The van der Waals surface area contributed by atoms with Gasteiger partial charge in [-0.05, 0) is 50.4 Å². The minimum atomic E-state index is 0.0768. The highest BCUT2D eigenvalue weighted by Crippen LogP contribution is 2.25. The van der Waals surface area contributed by atoms with E-state index in [9.17, 15) is 4.79 Å². The Hall–Kier alpha value is -2.54. The van der Waals surface area contributed by atoms with Crippen molar-refractivity contribution in [3.05, 3.63) is 48.5 Å². The number of hydrogen-bond donors (Lipinski definition) is 1. The number of piperidine rings is 2. The molecule has 2 fully saturated rings. The van der Waals surface area contributed by atoms with E-state index >= 15 is 0 Å². The number of nitrogens with one attached hydrogen (secondary N) is 1. The average molecular weight is 380 g/mol. The summed E-state index contributed by atoms with van der Waals surface area (Å²) >= 11 is 0. The van der Waals surface area contributed by atoms with Crippen molar-refractivity contribution >= 4 is 11.9 Å². The van der Waals surface area contributed by atoms with Gasteiger partial charge in [0.2, 0.25) is 11.9 Å². The van der Waals surface area contributed by atoms with Crippen LogP contribution >= 0.6 is 0 Å². The molecule has 2 aliphatic rings. The lowest BCUT2D eigenvalue weighted by Gasteiger charge is -2.42. The Morgan fingerprint density at radius 3 is 2.54 bits per heavy atom. The van der Waals surface area contributed by atoms with Gasteiger partial charge in [-0.2, -0.15) is 0 Å². The second-order valence-corrected chi connectivity index (χ2v) is 7.64. The number of likely N-dealkylation sites (tertiary alicyclic amines) is 1. The summed E-state index contributed by atoms with van der Waals surface area (Å²) in [5, 5.41) is 3.07. The van der Waals surface area contributed by atoms with Gasteiger partial charge in [0.1, 0.15) is 0 Å². The monoisotopic (exact) mass is 380 g/mol. The van der Waals surface area contributed by atoms with E-state index in [1.54, 1.807) is 18.6 Å². The van der Waals surface area contributed by atoms with Crippen molar-refractivity contribution < 1.29 is 4.79 Å². The van der Waals surface area contributed by atoms with E-state index in [2.05, 4.69) is 30.1 Å². The predicted molar refractivity (Wildman–Crippen MR) is 108 cm³/mol. The van der Waals surface area contributed by atoms with E-state index in [4.69, 9.17) is 0 Å². The van der Waals surface area contributed by atoms with Gasteiger partial charge in [0, 0.05) is 44.3 Å². The van der Waals surface area contributed by atoms with Crippen LogP contribution in [0.4, 0.5) is 5.95 Å². The maximum Gasteiger partial charge on any atom is 0.225 e. The highest BCUT2D eigenvalue weighted by molar-refractivity contribution is 5.78. The highest BCUT2D eigenvalue weighted by atomic mass is 16.1. The summed E-state index contributed by atoms with van der Waals surface area (Å²) in [7, 11) is 0. The van der Waals surface area contributed by atoms with Crippen LogP contribution in [0.1, 0.15) is 31.4 Å². The van der Waals surface area contributed by atoms with Gasteiger partial charge in [-0.25, -0.2) is 9.97 Å². The van der Waals surface area contributed by atoms with Gasteiger partial charge in [0.05, 0.1) is 18.2 Å². The van der Waals surface area contributed by atoms with Gasteiger partial charge in [-0.3, -0.25) is 14.7 Å². The molecule has 2 saturated heterocycles.